The third-order valence-electron chi connectivity index (χ3n) is 11.5. The van der Waals surface area contributed by atoms with Crippen LogP contribution in [0.15, 0.2) is 54.6 Å². The second-order valence-electron chi connectivity index (χ2n) is 14.3. The zero-order chi connectivity index (χ0) is 32.4. The summed E-state index contributed by atoms with van der Waals surface area (Å²) in [5.74, 6) is 0.936. The van der Waals surface area contributed by atoms with E-state index in [-0.39, 0.29) is 35.3 Å². The summed E-state index contributed by atoms with van der Waals surface area (Å²) < 4.78 is 6.54. The smallest absolute Gasteiger partial charge is 0.319 e. The number of amides is 3. The molecular formula is C37H41N7O4. The molecule has 0 saturated carbocycles. The number of rotatable bonds is 6. The highest BCUT2D eigenvalue weighted by atomic mass is 16.5. The lowest BCUT2D eigenvalue weighted by Crippen LogP contribution is -2.60. The predicted octanol–water partition coefficient (Wildman–Crippen LogP) is 4.41. The Morgan fingerprint density at radius 2 is 1.77 bits per heavy atom. The molecule has 2 bridgehead atoms. The zero-order valence-corrected chi connectivity index (χ0v) is 27.0. The Bertz CT molecular complexity index is 1910. The van der Waals surface area contributed by atoms with Crippen LogP contribution in [0.25, 0.3) is 32.8 Å². The number of nitrogens with one attached hydrogen (secondary N) is 2. The minimum Gasteiger partial charge on any atom is -0.508 e. The van der Waals surface area contributed by atoms with Crippen molar-refractivity contribution in [1.82, 2.24) is 30.4 Å². The van der Waals surface area contributed by atoms with Gasteiger partial charge in [-0.15, -0.1) is 0 Å². The molecule has 0 aliphatic carbocycles. The van der Waals surface area contributed by atoms with Gasteiger partial charge in [-0.2, -0.15) is 9.97 Å². The number of ether oxygens (including phenoxy) is 1. The number of hydrogen-bond donors (Lipinski definition) is 3. The molecule has 48 heavy (non-hydrogen) atoms. The number of carbonyl (C=O) groups is 2. The van der Waals surface area contributed by atoms with Crippen molar-refractivity contribution < 1.29 is 19.4 Å². The molecule has 3 N–H and O–H groups in total. The van der Waals surface area contributed by atoms with E-state index in [1.807, 2.05) is 29.2 Å². The summed E-state index contributed by atoms with van der Waals surface area (Å²) in [6, 6.07) is 17.7. The zero-order valence-electron chi connectivity index (χ0n) is 27.0. The first-order valence-electron chi connectivity index (χ1n) is 17.5. The van der Waals surface area contributed by atoms with Crippen LogP contribution < -0.4 is 20.3 Å². The number of carbonyl (C=O) groups excluding carboxylic acids is 2. The lowest BCUT2D eigenvalue weighted by atomic mass is 9.95. The van der Waals surface area contributed by atoms with Crippen LogP contribution in [0.4, 0.5) is 10.6 Å². The number of nitrogens with zero attached hydrogens (tertiary/aromatic N) is 5. The summed E-state index contributed by atoms with van der Waals surface area (Å²) in [7, 11) is 0. The predicted molar refractivity (Wildman–Crippen MR) is 183 cm³/mol. The van der Waals surface area contributed by atoms with Gasteiger partial charge >= 0.3 is 12.0 Å². The lowest BCUT2D eigenvalue weighted by Gasteiger charge is -2.42. The molecule has 3 atom stereocenters. The van der Waals surface area contributed by atoms with Crippen LogP contribution in [-0.2, 0) is 4.79 Å². The molecule has 11 nitrogen and oxygen atoms in total. The van der Waals surface area contributed by atoms with E-state index < -0.39 is 6.04 Å². The van der Waals surface area contributed by atoms with Crippen LogP contribution >= 0.6 is 0 Å². The van der Waals surface area contributed by atoms with E-state index in [1.54, 1.807) is 6.07 Å². The highest BCUT2D eigenvalue weighted by Crippen LogP contribution is 2.41. The number of benzene rings is 3. The summed E-state index contributed by atoms with van der Waals surface area (Å²) in [5, 5.41) is 19.3. The van der Waals surface area contributed by atoms with Crippen molar-refractivity contribution >= 4 is 39.4 Å². The minimum atomic E-state index is -0.464. The number of piperazine rings is 1. The molecule has 9 rings (SSSR count). The van der Waals surface area contributed by atoms with Gasteiger partial charge in [0.25, 0.3) is 0 Å². The van der Waals surface area contributed by atoms with Gasteiger partial charge in [0.05, 0.1) is 23.1 Å². The van der Waals surface area contributed by atoms with Gasteiger partial charge in [0.1, 0.15) is 24.2 Å². The largest absolute Gasteiger partial charge is 0.508 e. The normalized spacial score (nSPS) is 24.8. The minimum absolute atomic E-state index is 0.0185. The third kappa shape index (κ3) is 4.98. The van der Waals surface area contributed by atoms with Crippen LogP contribution in [0.5, 0.6) is 11.8 Å². The Balaban J connectivity index is 1.06. The molecule has 1 aromatic heterocycles. The molecule has 6 heterocycles. The van der Waals surface area contributed by atoms with Crippen molar-refractivity contribution in [3.63, 3.8) is 0 Å². The van der Waals surface area contributed by atoms with Crippen molar-refractivity contribution in [2.75, 3.05) is 44.2 Å². The second-order valence-corrected chi connectivity index (χ2v) is 14.3. The molecule has 1 unspecified atom stereocenters. The van der Waals surface area contributed by atoms with Gasteiger partial charge in [0.2, 0.25) is 5.91 Å². The Kier molecular flexibility index (Phi) is 7.07. The Labute approximate surface area is 279 Å². The van der Waals surface area contributed by atoms with Gasteiger partial charge in [0.15, 0.2) is 0 Å². The number of anilines is 1. The Hall–Kier alpha value is -4.64. The quantitative estimate of drug-likeness (QED) is 0.281. The van der Waals surface area contributed by atoms with E-state index in [0.29, 0.717) is 38.7 Å². The summed E-state index contributed by atoms with van der Waals surface area (Å²) >= 11 is 0. The topological polar surface area (TPSA) is 123 Å². The molecule has 11 heteroatoms. The molecule has 3 aromatic carbocycles. The molecule has 0 radical (unpaired) electrons. The van der Waals surface area contributed by atoms with Crippen LogP contribution in [0.1, 0.15) is 44.9 Å². The van der Waals surface area contributed by atoms with Gasteiger partial charge in [-0.3, -0.25) is 9.69 Å². The molecular weight excluding hydrogens is 606 g/mol. The highest BCUT2D eigenvalue weighted by molar-refractivity contribution is 6.01. The molecule has 5 saturated heterocycles. The maximum absolute atomic E-state index is 13.4. The SMILES string of the molecule is O=C1NCCC1NC(=O)N1[C@@H]2CC[C@H]1CN(c1nc(OCC34CCCN3CCC4)nc3cc(-c4cc(O)cc5ccccc45)ccc13)C2. The monoisotopic (exact) mass is 647 g/mol. The first kappa shape index (κ1) is 29.5. The van der Waals surface area contributed by atoms with E-state index >= 15 is 0 Å². The van der Waals surface area contributed by atoms with E-state index in [1.165, 1.54) is 12.8 Å². The van der Waals surface area contributed by atoms with Crippen LogP contribution in [0.2, 0.25) is 0 Å². The van der Waals surface area contributed by atoms with Gasteiger partial charge < -0.3 is 30.3 Å². The van der Waals surface area contributed by atoms with E-state index in [9.17, 15) is 14.7 Å². The van der Waals surface area contributed by atoms with Crippen LogP contribution in [0.3, 0.4) is 0 Å². The third-order valence-corrected chi connectivity index (χ3v) is 11.5. The van der Waals surface area contributed by atoms with Crippen LogP contribution in [0, 0.1) is 0 Å². The van der Waals surface area contributed by atoms with Gasteiger partial charge in [-0.25, -0.2) is 4.79 Å². The number of phenolic OH excluding ortho intramolecular Hbond substituents is 1. The van der Waals surface area contributed by atoms with Crippen LogP contribution in [-0.4, -0.2) is 99.8 Å². The maximum atomic E-state index is 13.4. The van der Waals surface area contributed by atoms with Crippen molar-refractivity contribution in [1.29, 1.82) is 0 Å². The summed E-state index contributed by atoms with van der Waals surface area (Å²) in [5.41, 5.74) is 2.75. The fourth-order valence-electron chi connectivity index (χ4n) is 9.12. The van der Waals surface area contributed by atoms with E-state index in [4.69, 9.17) is 14.7 Å². The molecule has 5 aliphatic heterocycles. The van der Waals surface area contributed by atoms with Crippen molar-refractivity contribution in [3.8, 4) is 22.9 Å². The molecule has 4 aromatic rings. The average Bonchev–Trinajstić information content (AvgIpc) is 3.85. The fourth-order valence-corrected chi connectivity index (χ4v) is 9.12. The summed E-state index contributed by atoms with van der Waals surface area (Å²) in [4.78, 5) is 42.5. The van der Waals surface area contributed by atoms with Gasteiger partial charge in [-0.1, -0.05) is 30.3 Å². The first-order valence-corrected chi connectivity index (χ1v) is 17.5. The summed E-state index contributed by atoms with van der Waals surface area (Å²) in [6.07, 6.45) is 7.10. The first-order chi connectivity index (χ1) is 23.4. The second kappa shape index (κ2) is 11.5. The molecule has 0 spiro atoms. The fraction of sp³-hybridized carbons (Fsp3) is 0.459. The van der Waals surface area contributed by atoms with E-state index in [2.05, 4.69) is 44.7 Å². The highest BCUT2D eigenvalue weighted by Gasteiger charge is 2.46. The van der Waals surface area contributed by atoms with Crippen molar-refractivity contribution in [3.05, 3.63) is 54.6 Å². The van der Waals surface area contributed by atoms with Gasteiger partial charge in [0, 0.05) is 25.0 Å². The average molecular weight is 648 g/mol. The van der Waals surface area contributed by atoms with Crippen molar-refractivity contribution in [2.24, 2.45) is 0 Å². The Morgan fingerprint density at radius 1 is 0.979 bits per heavy atom. The maximum Gasteiger partial charge on any atom is 0.319 e. The van der Waals surface area contributed by atoms with E-state index in [0.717, 1.165) is 77.4 Å². The molecule has 5 fully saturated rings. The number of fused-ring (bicyclic) bond motifs is 5. The number of hydrogen-bond acceptors (Lipinski definition) is 8. The number of urea groups is 1. The number of aromatic hydroxyl groups is 1. The standard InChI is InChI=1S/C37H41N7O4/c45-27-17-23-5-1-2-6-28(23)30(19-27)24-7-10-29-32(18-24)39-35(48-22-37-12-3-15-43(37)16-4-13-37)41-33(29)42-20-25-8-9-26(21-42)44(25)36(47)40-31-11-14-38-34(31)46/h1-2,5-7,10,17-19,25-26,31,45H,3-4,8-9,11-16,20-22H2,(H,38,46)(H,40,47)/t25-,26+,31?. The summed E-state index contributed by atoms with van der Waals surface area (Å²) in [6.45, 7) is 4.70. The Morgan fingerprint density at radius 3 is 2.54 bits per heavy atom. The van der Waals surface area contributed by atoms with Gasteiger partial charge in [-0.05, 0) is 104 Å². The molecule has 248 valence electrons. The number of aromatic nitrogens is 2. The molecule has 3 amide bonds. The number of phenols is 1. The van der Waals surface area contributed by atoms with Crippen molar-refractivity contribution in [2.45, 2.75) is 68.6 Å². The lowest BCUT2D eigenvalue weighted by molar-refractivity contribution is -0.120. The molecule has 5 aliphatic rings.